The van der Waals surface area contributed by atoms with E-state index >= 15 is 0 Å². The lowest BCUT2D eigenvalue weighted by Gasteiger charge is -2.32. The minimum Gasteiger partial charge on any atom is -0.491 e. The van der Waals surface area contributed by atoms with E-state index in [0.29, 0.717) is 6.61 Å². The van der Waals surface area contributed by atoms with E-state index in [9.17, 15) is 4.79 Å². The van der Waals surface area contributed by atoms with Crippen LogP contribution in [0.3, 0.4) is 0 Å². The Morgan fingerprint density at radius 2 is 2.18 bits per heavy atom. The van der Waals surface area contributed by atoms with Crippen molar-refractivity contribution in [3.05, 3.63) is 24.3 Å². The number of nitrogens with one attached hydrogen (secondary N) is 1. The molecule has 1 aromatic rings. The number of anilines is 1. The molecule has 0 aromatic heterocycles. The number of rotatable bonds is 1. The molecule has 0 atom stereocenters. The topological polar surface area (TPSA) is 41.6 Å². The Bertz CT molecular complexity index is 429. The first-order valence-electron chi connectivity index (χ1n) is 6.10. The first kappa shape index (κ1) is 10.6. The van der Waals surface area contributed by atoms with E-state index in [1.54, 1.807) is 0 Å². The second-order valence-electron chi connectivity index (χ2n) is 4.51. The SMILES string of the molecule is O=C(C1CNC1)N1CCCOc2ccccc21. The van der Waals surface area contributed by atoms with Crippen molar-refractivity contribution in [2.75, 3.05) is 31.1 Å². The molecule has 0 saturated carbocycles. The molecule has 2 heterocycles. The molecule has 17 heavy (non-hydrogen) atoms. The number of fused-ring (bicyclic) bond motifs is 1. The molecular weight excluding hydrogens is 216 g/mol. The van der Waals surface area contributed by atoms with Crippen molar-refractivity contribution in [2.24, 2.45) is 5.92 Å². The standard InChI is InChI=1S/C13H16N2O2/c16-13(10-8-14-9-10)15-6-3-7-17-12-5-2-1-4-11(12)15/h1-2,4-5,10,14H,3,6-9H2. The number of carbonyl (C=O) groups excluding carboxylic acids is 1. The number of hydrogen-bond acceptors (Lipinski definition) is 3. The van der Waals surface area contributed by atoms with Crippen LogP contribution in [-0.2, 0) is 4.79 Å². The van der Waals surface area contributed by atoms with Crippen LogP contribution in [0, 0.1) is 5.92 Å². The molecule has 1 amide bonds. The highest BCUT2D eigenvalue weighted by molar-refractivity contribution is 5.97. The summed E-state index contributed by atoms with van der Waals surface area (Å²) >= 11 is 0. The van der Waals surface area contributed by atoms with Gasteiger partial charge in [0.15, 0.2) is 0 Å². The normalized spacial score (nSPS) is 19.9. The van der Waals surface area contributed by atoms with Crippen molar-refractivity contribution in [2.45, 2.75) is 6.42 Å². The molecule has 2 aliphatic rings. The van der Waals surface area contributed by atoms with Gasteiger partial charge in [0.25, 0.3) is 0 Å². The van der Waals surface area contributed by atoms with Crippen LogP contribution in [0.25, 0.3) is 0 Å². The van der Waals surface area contributed by atoms with Crippen LogP contribution in [0.15, 0.2) is 24.3 Å². The van der Waals surface area contributed by atoms with E-state index in [4.69, 9.17) is 4.74 Å². The molecule has 1 fully saturated rings. The van der Waals surface area contributed by atoms with Crippen LogP contribution < -0.4 is 15.0 Å². The lowest BCUT2D eigenvalue weighted by Crippen LogP contribution is -2.52. The summed E-state index contributed by atoms with van der Waals surface area (Å²) in [6, 6.07) is 7.79. The zero-order valence-electron chi connectivity index (χ0n) is 9.69. The molecule has 4 nitrogen and oxygen atoms in total. The summed E-state index contributed by atoms with van der Waals surface area (Å²) in [7, 11) is 0. The van der Waals surface area contributed by atoms with Crippen LogP contribution in [-0.4, -0.2) is 32.1 Å². The number of para-hydroxylation sites is 2. The van der Waals surface area contributed by atoms with Gasteiger partial charge in [0.2, 0.25) is 5.91 Å². The zero-order valence-corrected chi connectivity index (χ0v) is 9.69. The largest absolute Gasteiger partial charge is 0.491 e. The number of ether oxygens (including phenoxy) is 1. The summed E-state index contributed by atoms with van der Waals surface area (Å²) in [4.78, 5) is 14.2. The maximum atomic E-state index is 12.3. The first-order chi connectivity index (χ1) is 8.36. The van der Waals surface area contributed by atoms with Crippen LogP contribution in [0.1, 0.15) is 6.42 Å². The van der Waals surface area contributed by atoms with E-state index < -0.39 is 0 Å². The molecule has 4 heteroatoms. The second kappa shape index (κ2) is 4.37. The maximum Gasteiger partial charge on any atom is 0.232 e. The highest BCUT2D eigenvalue weighted by Gasteiger charge is 2.31. The van der Waals surface area contributed by atoms with Gasteiger partial charge in [0.1, 0.15) is 5.75 Å². The molecule has 0 radical (unpaired) electrons. The number of amides is 1. The van der Waals surface area contributed by atoms with Gasteiger partial charge >= 0.3 is 0 Å². The van der Waals surface area contributed by atoms with Gasteiger partial charge in [-0.15, -0.1) is 0 Å². The summed E-state index contributed by atoms with van der Waals surface area (Å²) in [6.07, 6.45) is 0.889. The third-order valence-electron chi connectivity index (χ3n) is 3.34. The Morgan fingerprint density at radius 3 is 2.94 bits per heavy atom. The number of carbonyl (C=O) groups is 1. The Morgan fingerprint density at radius 1 is 1.35 bits per heavy atom. The number of benzene rings is 1. The van der Waals surface area contributed by atoms with E-state index in [1.807, 2.05) is 29.2 Å². The van der Waals surface area contributed by atoms with Gasteiger partial charge in [0, 0.05) is 19.6 Å². The molecular formula is C13H16N2O2. The Kier molecular flexibility index (Phi) is 2.73. The molecule has 0 aliphatic carbocycles. The van der Waals surface area contributed by atoms with Gasteiger partial charge in [0.05, 0.1) is 18.2 Å². The highest BCUT2D eigenvalue weighted by atomic mass is 16.5. The van der Waals surface area contributed by atoms with Gasteiger partial charge in [-0.3, -0.25) is 4.79 Å². The van der Waals surface area contributed by atoms with E-state index in [2.05, 4.69) is 5.32 Å². The first-order valence-corrected chi connectivity index (χ1v) is 6.10. The van der Waals surface area contributed by atoms with E-state index in [1.165, 1.54) is 0 Å². The van der Waals surface area contributed by atoms with E-state index in [-0.39, 0.29) is 11.8 Å². The van der Waals surface area contributed by atoms with Gasteiger partial charge in [-0.25, -0.2) is 0 Å². The minimum absolute atomic E-state index is 0.140. The maximum absolute atomic E-state index is 12.3. The lowest BCUT2D eigenvalue weighted by molar-refractivity contribution is -0.123. The third kappa shape index (κ3) is 1.89. The molecule has 1 saturated heterocycles. The smallest absolute Gasteiger partial charge is 0.232 e. The molecule has 0 unspecified atom stereocenters. The Balaban J connectivity index is 1.90. The number of nitrogens with zero attached hydrogens (tertiary/aromatic N) is 1. The van der Waals surface area contributed by atoms with Crippen molar-refractivity contribution in [3.63, 3.8) is 0 Å². The molecule has 0 bridgehead atoms. The average molecular weight is 232 g/mol. The molecule has 1 N–H and O–H groups in total. The fourth-order valence-corrected chi connectivity index (χ4v) is 2.24. The van der Waals surface area contributed by atoms with Crippen molar-refractivity contribution < 1.29 is 9.53 Å². The fraction of sp³-hybridized carbons (Fsp3) is 0.462. The predicted octanol–water partition coefficient (Wildman–Crippen LogP) is 1.02. The summed E-state index contributed by atoms with van der Waals surface area (Å²) in [5, 5.41) is 3.14. The Hall–Kier alpha value is -1.55. The van der Waals surface area contributed by atoms with Gasteiger partial charge in [-0.2, -0.15) is 0 Å². The fourth-order valence-electron chi connectivity index (χ4n) is 2.24. The molecule has 1 aromatic carbocycles. The number of hydrogen-bond donors (Lipinski definition) is 1. The minimum atomic E-state index is 0.140. The molecule has 2 aliphatic heterocycles. The highest BCUT2D eigenvalue weighted by Crippen LogP contribution is 2.31. The van der Waals surface area contributed by atoms with Crippen LogP contribution >= 0.6 is 0 Å². The average Bonchev–Trinajstić information content (AvgIpc) is 2.48. The second-order valence-corrected chi connectivity index (χ2v) is 4.51. The van der Waals surface area contributed by atoms with Crippen molar-refractivity contribution in [1.82, 2.24) is 5.32 Å². The van der Waals surface area contributed by atoms with Crippen molar-refractivity contribution in [1.29, 1.82) is 0 Å². The molecule has 3 rings (SSSR count). The zero-order chi connectivity index (χ0) is 11.7. The summed E-state index contributed by atoms with van der Waals surface area (Å²) in [5.41, 5.74) is 0.918. The predicted molar refractivity (Wildman–Crippen MR) is 65.3 cm³/mol. The monoisotopic (exact) mass is 232 g/mol. The van der Waals surface area contributed by atoms with E-state index in [0.717, 1.165) is 37.5 Å². The molecule has 0 spiro atoms. The van der Waals surface area contributed by atoms with Gasteiger partial charge in [-0.05, 0) is 18.6 Å². The summed E-state index contributed by atoms with van der Waals surface area (Å²) in [6.45, 7) is 3.05. The summed E-state index contributed by atoms with van der Waals surface area (Å²) in [5.74, 6) is 1.19. The van der Waals surface area contributed by atoms with Gasteiger partial charge in [-0.1, -0.05) is 12.1 Å². The van der Waals surface area contributed by atoms with Gasteiger partial charge < -0.3 is 15.0 Å². The lowest BCUT2D eigenvalue weighted by atomic mass is 10.0. The van der Waals surface area contributed by atoms with Crippen LogP contribution in [0.4, 0.5) is 5.69 Å². The molecule has 90 valence electrons. The van der Waals surface area contributed by atoms with Crippen molar-refractivity contribution in [3.8, 4) is 5.75 Å². The summed E-state index contributed by atoms with van der Waals surface area (Å²) < 4.78 is 5.65. The Labute approximate surface area is 101 Å². The quantitative estimate of drug-likeness (QED) is 0.786. The van der Waals surface area contributed by atoms with Crippen LogP contribution in [0.2, 0.25) is 0 Å². The van der Waals surface area contributed by atoms with Crippen LogP contribution in [0.5, 0.6) is 5.75 Å². The van der Waals surface area contributed by atoms with Crippen molar-refractivity contribution >= 4 is 11.6 Å². The third-order valence-corrected chi connectivity index (χ3v) is 3.34.